The molecule has 0 aliphatic carbocycles. The highest BCUT2D eigenvalue weighted by Gasteiger charge is 2.30. The van der Waals surface area contributed by atoms with Crippen LogP contribution < -0.4 is 10.5 Å². The van der Waals surface area contributed by atoms with Gasteiger partial charge in [-0.2, -0.15) is 9.40 Å². The fourth-order valence-corrected chi connectivity index (χ4v) is 5.91. The molecule has 146 valence electrons. The lowest BCUT2D eigenvalue weighted by Crippen LogP contribution is -2.49. The van der Waals surface area contributed by atoms with E-state index in [1.54, 1.807) is 30.6 Å². The summed E-state index contributed by atoms with van der Waals surface area (Å²) in [5, 5.41) is 6.31. The van der Waals surface area contributed by atoms with Crippen molar-refractivity contribution in [3.8, 4) is 10.6 Å². The first kappa shape index (κ1) is 18.7. The maximum atomic E-state index is 13.0. The number of aryl methyl sites for hydroxylation is 1. The Balaban J connectivity index is 1.50. The van der Waals surface area contributed by atoms with Crippen molar-refractivity contribution >= 4 is 27.2 Å². The first-order valence-electron chi connectivity index (χ1n) is 8.64. The highest BCUT2D eigenvalue weighted by atomic mass is 32.2. The number of nitrogens with one attached hydrogen (secondary N) is 1. The highest BCUT2D eigenvalue weighted by molar-refractivity contribution is 7.91. The van der Waals surface area contributed by atoms with Gasteiger partial charge in [-0.3, -0.25) is 9.78 Å². The first-order valence-corrected chi connectivity index (χ1v) is 10.9. The Kier molecular flexibility index (Phi) is 4.96. The van der Waals surface area contributed by atoms with E-state index in [0.29, 0.717) is 36.8 Å². The lowest BCUT2D eigenvalue weighted by Gasteiger charge is -2.34. The van der Waals surface area contributed by atoms with E-state index < -0.39 is 10.0 Å². The van der Waals surface area contributed by atoms with Crippen molar-refractivity contribution < 1.29 is 8.42 Å². The molecule has 28 heavy (non-hydrogen) atoms. The summed E-state index contributed by atoms with van der Waals surface area (Å²) < 4.78 is 27.8. The molecule has 0 atom stereocenters. The van der Waals surface area contributed by atoms with Gasteiger partial charge in [-0.05, 0) is 25.1 Å². The predicted molar refractivity (Wildman–Crippen MR) is 106 cm³/mol. The quantitative estimate of drug-likeness (QED) is 0.675. The van der Waals surface area contributed by atoms with E-state index >= 15 is 0 Å². The summed E-state index contributed by atoms with van der Waals surface area (Å²) in [4.78, 5) is 22.5. The number of hydrogen-bond acceptors (Lipinski definition) is 8. The molecular formula is C17H18N6O3S2. The Hall–Kier alpha value is -2.63. The van der Waals surface area contributed by atoms with Gasteiger partial charge in [-0.1, -0.05) is 0 Å². The van der Waals surface area contributed by atoms with Crippen molar-refractivity contribution in [2.24, 2.45) is 0 Å². The number of sulfonamides is 1. The summed E-state index contributed by atoms with van der Waals surface area (Å²) in [6.45, 7) is 3.76. The van der Waals surface area contributed by atoms with Gasteiger partial charge in [0.15, 0.2) is 0 Å². The Labute approximate surface area is 165 Å². The molecule has 11 heteroatoms. The largest absolute Gasteiger partial charge is 0.352 e. The average molecular weight is 419 g/mol. The number of thiophene rings is 1. The number of nitrogens with zero attached hydrogens (tertiary/aromatic N) is 5. The van der Waals surface area contributed by atoms with Crippen LogP contribution in [0.5, 0.6) is 0 Å². The number of aromatic amines is 1. The van der Waals surface area contributed by atoms with Crippen LogP contribution >= 0.6 is 11.3 Å². The number of H-pyrrole nitrogens is 1. The smallest absolute Gasteiger partial charge is 0.264 e. The Morgan fingerprint density at radius 3 is 2.46 bits per heavy atom. The molecule has 3 aromatic heterocycles. The van der Waals surface area contributed by atoms with Gasteiger partial charge in [0.2, 0.25) is 0 Å². The van der Waals surface area contributed by atoms with E-state index in [2.05, 4.69) is 25.1 Å². The highest BCUT2D eigenvalue weighted by Crippen LogP contribution is 2.31. The van der Waals surface area contributed by atoms with Crippen LogP contribution in [0.1, 0.15) is 5.69 Å². The number of aromatic nitrogens is 4. The van der Waals surface area contributed by atoms with Gasteiger partial charge >= 0.3 is 0 Å². The maximum absolute atomic E-state index is 13.0. The van der Waals surface area contributed by atoms with Crippen molar-refractivity contribution in [3.05, 3.63) is 52.7 Å². The lowest BCUT2D eigenvalue weighted by atomic mass is 10.3. The lowest BCUT2D eigenvalue weighted by molar-refractivity contribution is 0.384. The first-order chi connectivity index (χ1) is 13.4. The van der Waals surface area contributed by atoms with Gasteiger partial charge in [-0.15, -0.1) is 11.3 Å². The molecule has 1 saturated heterocycles. The van der Waals surface area contributed by atoms with Crippen molar-refractivity contribution in [1.82, 2.24) is 24.5 Å². The molecule has 0 spiro atoms. The van der Waals surface area contributed by atoms with Crippen LogP contribution in [-0.2, 0) is 10.0 Å². The van der Waals surface area contributed by atoms with E-state index in [0.717, 1.165) is 22.8 Å². The van der Waals surface area contributed by atoms with Crippen LogP contribution in [0.3, 0.4) is 0 Å². The second-order valence-electron chi connectivity index (χ2n) is 6.28. The average Bonchev–Trinajstić information content (AvgIpc) is 3.20. The third kappa shape index (κ3) is 3.55. The molecule has 1 N–H and O–H groups in total. The molecule has 0 unspecified atom stereocenters. The number of hydrogen-bond donors (Lipinski definition) is 1. The molecule has 1 aliphatic rings. The Bertz CT molecular complexity index is 1130. The van der Waals surface area contributed by atoms with Gasteiger partial charge in [0.05, 0.1) is 10.6 Å². The van der Waals surface area contributed by atoms with Crippen LogP contribution in [0.2, 0.25) is 0 Å². The molecule has 0 bridgehead atoms. The third-order valence-corrected chi connectivity index (χ3v) is 7.97. The molecule has 9 nitrogen and oxygen atoms in total. The summed E-state index contributed by atoms with van der Waals surface area (Å²) in [5.74, 6) is 0.794. The normalized spacial score (nSPS) is 15.7. The van der Waals surface area contributed by atoms with E-state index in [9.17, 15) is 13.2 Å². The van der Waals surface area contributed by atoms with Crippen LogP contribution in [0, 0.1) is 6.92 Å². The third-order valence-electron chi connectivity index (χ3n) is 4.50. The summed E-state index contributed by atoms with van der Waals surface area (Å²) in [5.41, 5.74) is 1.06. The van der Waals surface area contributed by atoms with Crippen LogP contribution in [0.25, 0.3) is 10.6 Å². The van der Waals surface area contributed by atoms with Gasteiger partial charge in [0, 0.05) is 44.6 Å². The Morgan fingerprint density at radius 2 is 1.79 bits per heavy atom. The van der Waals surface area contributed by atoms with Gasteiger partial charge in [0.1, 0.15) is 15.7 Å². The van der Waals surface area contributed by atoms with Crippen molar-refractivity contribution in [1.29, 1.82) is 0 Å². The fraction of sp³-hybridized carbons (Fsp3) is 0.294. The molecule has 1 aliphatic heterocycles. The molecule has 0 aromatic carbocycles. The molecule has 3 aromatic rings. The van der Waals surface area contributed by atoms with Crippen LogP contribution in [0.4, 0.5) is 5.82 Å². The zero-order valence-electron chi connectivity index (χ0n) is 15.1. The van der Waals surface area contributed by atoms with Gasteiger partial charge in [-0.25, -0.2) is 18.5 Å². The van der Waals surface area contributed by atoms with E-state index in [1.165, 1.54) is 10.4 Å². The minimum Gasteiger partial charge on any atom is -0.352 e. The summed E-state index contributed by atoms with van der Waals surface area (Å²) >= 11 is 1.14. The maximum Gasteiger partial charge on any atom is 0.264 e. The van der Waals surface area contributed by atoms with E-state index in [4.69, 9.17) is 0 Å². The van der Waals surface area contributed by atoms with Gasteiger partial charge in [0.25, 0.3) is 15.6 Å². The van der Waals surface area contributed by atoms with Crippen LogP contribution in [0.15, 0.2) is 45.7 Å². The molecule has 1 fully saturated rings. The minimum absolute atomic E-state index is 0.264. The summed E-state index contributed by atoms with van der Waals surface area (Å²) in [7, 11) is -3.58. The van der Waals surface area contributed by atoms with Crippen LogP contribution in [-0.4, -0.2) is 59.1 Å². The predicted octanol–water partition coefficient (Wildman–Crippen LogP) is 1.11. The monoisotopic (exact) mass is 418 g/mol. The Morgan fingerprint density at radius 1 is 1.04 bits per heavy atom. The van der Waals surface area contributed by atoms with E-state index in [1.807, 2.05) is 6.92 Å². The molecule has 0 radical (unpaired) electrons. The van der Waals surface area contributed by atoms with Crippen molar-refractivity contribution in [2.45, 2.75) is 11.1 Å². The number of rotatable bonds is 4. The fourth-order valence-electron chi connectivity index (χ4n) is 3.06. The number of anilines is 1. The molecule has 0 saturated carbocycles. The molecule has 4 rings (SSSR count). The SMILES string of the molecule is Cc1nccnc1N1CCN(S(=O)(=O)c2ccc(-c3ccc(=O)[nH]n3)s2)CC1. The molecule has 0 amide bonds. The zero-order valence-corrected chi connectivity index (χ0v) is 16.7. The molecule has 4 heterocycles. The topological polar surface area (TPSA) is 112 Å². The van der Waals surface area contributed by atoms with E-state index in [-0.39, 0.29) is 9.77 Å². The number of piperazine rings is 1. The summed E-state index contributed by atoms with van der Waals surface area (Å²) in [6.07, 6.45) is 3.29. The van der Waals surface area contributed by atoms with Gasteiger partial charge < -0.3 is 4.90 Å². The zero-order chi connectivity index (χ0) is 19.7. The standard InChI is InChI=1S/C17H18N6O3S2/c1-12-17(19-7-6-18-12)22-8-10-23(11-9-22)28(25,26)16-5-3-14(27-16)13-2-4-15(24)21-20-13/h2-7H,8-11H2,1H3,(H,21,24). The summed E-state index contributed by atoms with van der Waals surface area (Å²) in [6, 6.07) is 6.23. The minimum atomic E-state index is -3.58. The second-order valence-corrected chi connectivity index (χ2v) is 9.53. The van der Waals surface area contributed by atoms with Crippen molar-refractivity contribution in [2.75, 3.05) is 31.1 Å². The second kappa shape index (κ2) is 7.41. The van der Waals surface area contributed by atoms with Crippen molar-refractivity contribution in [3.63, 3.8) is 0 Å². The molecular weight excluding hydrogens is 400 g/mol.